The Kier molecular flexibility index (Phi) is 3.32. The lowest BCUT2D eigenvalue weighted by Crippen LogP contribution is -2.02. The van der Waals surface area contributed by atoms with Crippen molar-refractivity contribution in [2.75, 3.05) is 0 Å². The molecule has 0 spiro atoms. The van der Waals surface area contributed by atoms with Crippen LogP contribution in [0.3, 0.4) is 0 Å². The summed E-state index contributed by atoms with van der Waals surface area (Å²) in [5, 5.41) is 9.28. The Balaban J connectivity index is 2.63. The van der Waals surface area contributed by atoms with Gasteiger partial charge in [-0.25, -0.2) is 0 Å². The zero-order valence-corrected chi connectivity index (χ0v) is 8.37. The van der Waals surface area contributed by atoms with Gasteiger partial charge < -0.3 is 9.84 Å². The van der Waals surface area contributed by atoms with Crippen molar-refractivity contribution in [3.05, 3.63) is 29.3 Å². The van der Waals surface area contributed by atoms with Crippen LogP contribution in [0.4, 0.5) is 0 Å². The number of aryl methyl sites for hydroxylation is 1. The maximum atomic E-state index is 9.28. The van der Waals surface area contributed by atoms with E-state index in [-0.39, 0.29) is 6.10 Å². The summed E-state index contributed by atoms with van der Waals surface area (Å²) in [4.78, 5) is 0. The second kappa shape index (κ2) is 4.28. The molecule has 0 heterocycles. The van der Waals surface area contributed by atoms with Gasteiger partial charge in [0.1, 0.15) is 5.75 Å². The van der Waals surface area contributed by atoms with Gasteiger partial charge in [0.15, 0.2) is 0 Å². The van der Waals surface area contributed by atoms with Crippen LogP contribution in [0.15, 0.2) is 18.2 Å². The van der Waals surface area contributed by atoms with Gasteiger partial charge in [0, 0.05) is 0 Å². The van der Waals surface area contributed by atoms with Crippen LogP contribution in [0.1, 0.15) is 25.0 Å². The third-order valence-electron chi connectivity index (χ3n) is 1.84. The summed E-state index contributed by atoms with van der Waals surface area (Å²) >= 11 is 0. The average Bonchev–Trinajstić information content (AvgIpc) is 2.07. The lowest BCUT2D eigenvalue weighted by atomic mass is 10.1. The van der Waals surface area contributed by atoms with Crippen LogP contribution >= 0.6 is 0 Å². The Morgan fingerprint density at radius 3 is 2.62 bits per heavy atom. The molecule has 1 aromatic rings. The number of phenols is 1. The van der Waals surface area contributed by atoms with E-state index in [0.29, 0.717) is 12.4 Å². The van der Waals surface area contributed by atoms with Crippen molar-refractivity contribution in [2.45, 2.75) is 33.5 Å². The first-order valence-electron chi connectivity index (χ1n) is 4.49. The Labute approximate surface area is 79.2 Å². The van der Waals surface area contributed by atoms with E-state index < -0.39 is 0 Å². The first-order valence-corrected chi connectivity index (χ1v) is 4.49. The SMILES string of the molecule is Cc1cc(COC(C)C)ccc1O. The molecule has 0 radical (unpaired) electrons. The van der Waals surface area contributed by atoms with Gasteiger partial charge in [0.2, 0.25) is 0 Å². The van der Waals surface area contributed by atoms with E-state index >= 15 is 0 Å². The molecule has 0 saturated carbocycles. The second-order valence-corrected chi connectivity index (χ2v) is 3.48. The highest BCUT2D eigenvalue weighted by Crippen LogP contribution is 2.17. The molecule has 1 aromatic carbocycles. The molecule has 0 aliphatic rings. The summed E-state index contributed by atoms with van der Waals surface area (Å²) in [7, 11) is 0. The summed E-state index contributed by atoms with van der Waals surface area (Å²) in [5.74, 6) is 0.341. The lowest BCUT2D eigenvalue weighted by molar-refractivity contribution is 0.0656. The smallest absolute Gasteiger partial charge is 0.118 e. The fourth-order valence-electron chi connectivity index (χ4n) is 1.07. The predicted molar refractivity (Wildman–Crippen MR) is 52.8 cm³/mol. The average molecular weight is 180 g/mol. The Morgan fingerprint density at radius 2 is 2.08 bits per heavy atom. The number of benzene rings is 1. The van der Waals surface area contributed by atoms with Crippen molar-refractivity contribution >= 4 is 0 Å². The standard InChI is InChI=1S/C11H16O2/c1-8(2)13-7-10-4-5-11(12)9(3)6-10/h4-6,8,12H,7H2,1-3H3. The topological polar surface area (TPSA) is 29.5 Å². The van der Waals surface area contributed by atoms with Gasteiger partial charge in [-0.15, -0.1) is 0 Å². The van der Waals surface area contributed by atoms with Gasteiger partial charge in [0.05, 0.1) is 12.7 Å². The number of hydrogen-bond acceptors (Lipinski definition) is 2. The van der Waals surface area contributed by atoms with E-state index in [4.69, 9.17) is 4.74 Å². The molecule has 0 fully saturated rings. The van der Waals surface area contributed by atoms with Crippen molar-refractivity contribution in [1.82, 2.24) is 0 Å². The number of hydrogen-bond donors (Lipinski definition) is 1. The maximum Gasteiger partial charge on any atom is 0.118 e. The van der Waals surface area contributed by atoms with Gasteiger partial charge in [-0.1, -0.05) is 12.1 Å². The minimum atomic E-state index is 0.245. The fourth-order valence-corrected chi connectivity index (χ4v) is 1.07. The van der Waals surface area contributed by atoms with Gasteiger partial charge >= 0.3 is 0 Å². The second-order valence-electron chi connectivity index (χ2n) is 3.48. The molecule has 0 aromatic heterocycles. The minimum absolute atomic E-state index is 0.245. The van der Waals surface area contributed by atoms with Crippen molar-refractivity contribution in [3.63, 3.8) is 0 Å². The van der Waals surface area contributed by atoms with Crippen LogP contribution in [0.2, 0.25) is 0 Å². The molecule has 0 amide bonds. The summed E-state index contributed by atoms with van der Waals surface area (Å²) in [6.45, 7) is 6.51. The summed E-state index contributed by atoms with van der Waals surface area (Å²) in [6, 6.07) is 5.52. The highest BCUT2D eigenvalue weighted by Gasteiger charge is 1.99. The normalized spacial score (nSPS) is 10.8. The fraction of sp³-hybridized carbons (Fsp3) is 0.455. The number of phenolic OH excluding ortho intramolecular Hbond substituents is 1. The molecular weight excluding hydrogens is 164 g/mol. The summed E-state index contributed by atoms with van der Waals surface area (Å²) in [5.41, 5.74) is 1.99. The molecule has 0 atom stereocenters. The van der Waals surface area contributed by atoms with Crippen LogP contribution < -0.4 is 0 Å². The van der Waals surface area contributed by atoms with Crippen molar-refractivity contribution in [1.29, 1.82) is 0 Å². The van der Waals surface area contributed by atoms with Crippen LogP contribution in [0.5, 0.6) is 5.75 Å². The molecule has 0 unspecified atom stereocenters. The molecule has 0 saturated heterocycles. The predicted octanol–water partition coefficient (Wildman–Crippen LogP) is 2.63. The monoisotopic (exact) mass is 180 g/mol. The first kappa shape index (κ1) is 10.1. The van der Waals surface area contributed by atoms with E-state index in [9.17, 15) is 5.11 Å². The third-order valence-corrected chi connectivity index (χ3v) is 1.84. The molecule has 0 bridgehead atoms. The van der Waals surface area contributed by atoms with Crippen LogP contribution in [-0.2, 0) is 11.3 Å². The minimum Gasteiger partial charge on any atom is -0.508 e. The number of ether oxygens (including phenoxy) is 1. The molecule has 0 aliphatic heterocycles. The molecule has 1 N–H and O–H groups in total. The molecule has 1 rings (SSSR count). The molecular formula is C11H16O2. The quantitative estimate of drug-likeness (QED) is 0.774. The van der Waals surface area contributed by atoms with E-state index in [1.807, 2.05) is 32.9 Å². The van der Waals surface area contributed by atoms with Gasteiger partial charge in [0.25, 0.3) is 0 Å². The van der Waals surface area contributed by atoms with Crippen molar-refractivity contribution in [3.8, 4) is 5.75 Å². The lowest BCUT2D eigenvalue weighted by Gasteiger charge is -2.08. The molecule has 0 aliphatic carbocycles. The molecule has 13 heavy (non-hydrogen) atoms. The molecule has 2 nitrogen and oxygen atoms in total. The first-order chi connectivity index (χ1) is 6.09. The Bertz CT molecular complexity index is 279. The van der Waals surface area contributed by atoms with E-state index in [0.717, 1.165) is 11.1 Å². The van der Waals surface area contributed by atoms with Gasteiger partial charge in [-0.3, -0.25) is 0 Å². The zero-order valence-electron chi connectivity index (χ0n) is 8.37. The molecule has 2 heteroatoms. The maximum absolute atomic E-state index is 9.28. The zero-order chi connectivity index (χ0) is 9.84. The highest BCUT2D eigenvalue weighted by atomic mass is 16.5. The number of aromatic hydroxyl groups is 1. The summed E-state index contributed by atoms with van der Waals surface area (Å²) < 4.78 is 5.44. The van der Waals surface area contributed by atoms with Gasteiger partial charge in [-0.05, 0) is 38.0 Å². The summed E-state index contributed by atoms with van der Waals surface area (Å²) in [6.07, 6.45) is 0.245. The third kappa shape index (κ3) is 3.07. The Morgan fingerprint density at radius 1 is 1.38 bits per heavy atom. The largest absolute Gasteiger partial charge is 0.508 e. The van der Waals surface area contributed by atoms with Crippen LogP contribution in [0.25, 0.3) is 0 Å². The van der Waals surface area contributed by atoms with Crippen LogP contribution in [-0.4, -0.2) is 11.2 Å². The highest BCUT2D eigenvalue weighted by molar-refractivity contribution is 5.34. The molecule has 72 valence electrons. The van der Waals surface area contributed by atoms with Crippen molar-refractivity contribution < 1.29 is 9.84 Å². The van der Waals surface area contributed by atoms with E-state index in [1.165, 1.54) is 0 Å². The van der Waals surface area contributed by atoms with Crippen LogP contribution in [0, 0.1) is 6.92 Å². The van der Waals surface area contributed by atoms with Gasteiger partial charge in [-0.2, -0.15) is 0 Å². The number of rotatable bonds is 3. The van der Waals surface area contributed by atoms with Crippen molar-refractivity contribution in [2.24, 2.45) is 0 Å². The van der Waals surface area contributed by atoms with E-state index in [2.05, 4.69) is 0 Å². The van der Waals surface area contributed by atoms with E-state index in [1.54, 1.807) is 6.07 Å². The Hall–Kier alpha value is -1.02.